The Kier molecular flexibility index (Phi) is 11.6. The van der Waals surface area contributed by atoms with E-state index < -0.39 is 11.8 Å². The van der Waals surface area contributed by atoms with Crippen molar-refractivity contribution in [1.82, 2.24) is 9.80 Å². The highest BCUT2D eigenvalue weighted by molar-refractivity contribution is 6.03. The molecule has 6 atom stereocenters. The summed E-state index contributed by atoms with van der Waals surface area (Å²) in [5.41, 5.74) is 3.22. The molecule has 53 heavy (non-hydrogen) atoms. The summed E-state index contributed by atoms with van der Waals surface area (Å²) in [5, 5.41) is 24.2. The maximum atomic E-state index is 14.5. The predicted octanol–water partition coefficient (Wildman–Crippen LogP) is 5.15. The summed E-state index contributed by atoms with van der Waals surface area (Å²) < 4.78 is 31.6. The number of rotatable bonds is 18. The molecule has 3 heterocycles. The maximum Gasteiger partial charge on any atom is 0.254 e. The Hall–Kier alpha value is -4.10. The molecule has 0 spiro atoms. The summed E-state index contributed by atoms with van der Waals surface area (Å²) in [6.07, 6.45) is 9.23. The largest absolute Gasteiger partial charge is 0.492 e. The van der Waals surface area contributed by atoms with Crippen molar-refractivity contribution in [2.24, 2.45) is 22.9 Å². The number of carbonyl (C=O) groups excluding carboxylic acids is 1. The maximum absolute atomic E-state index is 14.5. The highest BCUT2D eigenvalue weighted by Gasteiger charge is 2.65. The molecule has 2 aromatic carbocycles. The lowest BCUT2D eigenvalue weighted by Crippen LogP contribution is -2.69. The van der Waals surface area contributed by atoms with Gasteiger partial charge in [0.2, 0.25) is 12.6 Å². The average Bonchev–Trinajstić information content (AvgIpc) is 3.88. The van der Waals surface area contributed by atoms with E-state index in [0.717, 1.165) is 67.9 Å². The van der Waals surface area contributed by atoms with Gasteiger partial charge in [-0.2, -0.15) is 0 Å². The van der Waals surface area contributed by atoms with Crippen LogP contribution in [0, 0.1) is 17.8 Å². The molecule has 2 aliphatic carbocycles. The summed E-state index contributed by atoms with van der Waals surface area (Å²) >= 11 is 0. The first-order valence-corrected chi connectivity index (χ1v) is 19.1. The molecule has 7 rings (SSSR count). The molecule has 0 aromatic heterocycles. The molecule has 1 saturated heterocycles. The Morgan fingerprint density at radius 3 is 2.58 bits per heavy atom. The van der Waals surface area contributed by atoms with Gasteiger partial charge < -0.3 is 43.6 Å². The van der Waals surface area contributed by atoms with E-state index in [-0.39, 0.29) is 56.2 Å². The van der Waals surface area contributed by atoms with Gasteiger partial charge in [-0.05, 0) is 79.5 Å². The number of ether oxygens (including phenoxy) is 5. The number of aliphatic hydroxyl groups excluding tert-OH is 2. The zero-order valence-corrected chi connectivity index (χ0v) is 30.9. The van der Waals surface area contributed by atoms with Gasteiger partial charge in [-0.15, -0.1) is 6.58 Å². The number of unbranched alkanes of at least 4 members (excludes halogenated alkanes) is 2. The van der Waals surface area contributed by atoms with Crippen LogP contribution < -0.4 is 18.9 Å². The topological polar surface area (TPSA) is 132 Å². The second-order valence-corrected chi connectivity index (χ2v) is 14.6. The molecule has 1 amide bonds. The van der Waals surface area contributed by atoms with Gasteiger partial charge in [0, 0.05) is 63.4 Å². The molecule has 0 unspecified atom stereocenters. The monoisotopic (exact) mass is 731 g/mol. The molecule has 1 saturated carbocycles. The van der Waals surface area contributed by atoms with E-state index in [1.54, 1.807) is 43.3 Å². The zero-order valence-electron chi connectivity index (χ0n) is 30.9. The standard InChI is InChI=1S/C41H53N3O9/c1-4-20-52-41-37(43(2)40(47)28-11-13-35-36(23-28)51-26-50-35)25-33(42-48-3)31-22-27(9-5-7-18-45)30(10-6-8-19-46)38(39(31)41)32-24-29(12-14-34(32)53-41)49-21-17-44-15-16-44/h4,11-14,22-24,27,30,37-39,45-46H,1,5-10,15-21,25-26H2,2-3H3/t27-,30+,37-,38+,39+,41+/m0/s1. The van der Waals surface area contributed by atoms with E-state index in [1.807, 2.05) is 12.1 Å². The average molecular weight is 732 g/mol. The third kappa shape index (κ3) is 7.51. The van der Waals surface area contributed by atoms with Crippen LogP contribution in [0.5, 0.6) is 23.0 Å². The van der Waals surface area contributed by atoms with Crippen LogP contribution in [-0.4, -0.2) is 110 Å². The Morgan fingerprint density at radius 2 is 1.83 bits per heavy atom. The Labute approximate surface area is 311 Å². The van der Waals surface area contributed by atoms with E-state index in [4.69, 9.17) is 28.5 Å². The number of likely N-dealkylation sites (N-methyl/N-ethyl adjacent to an activating group) is 1. The molecule has 12 heteroatoms. The van der Waals surface area contributed by atoms with Crippen LogP contribution in [-0.2, 0) is 9.57 Å². The molecule has 3 aliphatic heterocycles. The highest BCUT2D eigenvalue weighted by Crippen LogP contribution is 2.62. The number of allylic oxidation sites excluding steroid dienone is 1. The zero-order chi connectivity index (χ0) is 37.0. The first kappa shape index (κ1) is 37.2. The van der Waals surface area contributed by atoms with Crippen molar-refractivity contribution in [1.29, 1.82) is 0 Å². The van der Waals surface area contributed by atoms with Crippen molar-refractivity contribution in [3.63, 3.8) is 0 Å². The lowest BCUT2D eigenvalue weighted by molar-refractivity contribution is -0.252. The minimum atomic E-state index is -1.32. The van der Waals surface area contributed by atoms with Gasteiger partial charge in [0.1, 0.15) is 31.3 Å². The van der Waals surface area contributed by atoms with Crippen LogP contribution in [0.3, 0.4) is 0 Å². The molecule has 5 aliphatic rings. The number of carbonyl (C=O) groups is 1. The van der Waals surface area contributed by atoms with Crippen LogP contribution in [0.25, 0.3) is 0 Å². The number of amides is 1. The smallest absolute Gasteiger partial charge is 0.254 e. The Bertz CT molecular complexity index is 1690. The quantitative estimate of drug-likeness (QED) is 0.0920. The minimum absolute atomic E-state index is 0.109. The van der Waals surface area contributed by atoms with Crippen molar-refractivity contribution in [2.75, 3.05) is 67.0 Å². The van der Waals surface area contributed by atoms with Gasteiger partial charge >= 0.3 is 0 Å². The van der Waals surface area contributed by atoms with E-state index >= 15 is 0 Å². The fourth-order valence-corrected chi connectivity index (χ4v) is 8.89. The van der Waals surface area contributed by atoms with Crippen molar-refractivity contribution in [2.45, 2.75) is 62.7 Å². The number of aliphatic hydroxyl groups is 2. The lowest BCUT2D eigenvalue weighted by atomic mass is 9.55. The number of hydrogen-bond acceptors (Lipinski definition) is 11. The van der Waals surface area contributed by atoms with Crippen molar-refractivity contribution < 1.29 is 43.5 Å². The SMILES string of the molecule is C=CCO[C@@]12Oc3ccc(OCCN4CC4)cc3[C@H]3[C@H](CCCCO)[C@@H](CCCCO)C=C(C(=NOC)C[C@@H]1N(C)C(=O)c1ccc4c(c1)OCO4)[C@H]32. The van der Waals surface area contributed by atoms with E-state index in [9.17, 15) is 15.0 Å². The molecule has 0 radical (unpaired) electrons. The Balaban J connectivity index is 1.37. The Morgan fingerprint density at radius 1 is 1.06 bits per heavy atom. The van der Waals surface area contributed by atoms with E-state index in [1.165, 1.54) is 0 Å². The van der Waals surface area contributed by atoms with E-state index in [0.29, 0.717) is 48.7 Å². The molecule has 2 N–H and O–H groups in total. The van der Waals surface area contributed by atoms with Crippen LogP contribution in [0.15, 0.2) is 65.9 Å². The second kappa shape index (κ2) is 16.5. The van der Waals surface area contributed by atoms with Gasteiger partial charge in [0.05, 0.1) is 18.2 Å². The fraction of sp³-hybridized carbons (Fsp3) is 0.561. The number of fused-ring (bicyclic) bond motifs is 3. The van der Waals surface area contributed by atoms with Crippen molar-refractivity contribution in [3.05, 3.63) is 71.8 Å². The van der Waals surface area contributed by atoms with E-state index in [2.05, 4.69) is 28.8 Å². The van der Waals surface area contributed by atoms with Crippen molar-refractivity contribution in [3.8, 4) is 23.0 Å². The van der Waals surface area contributed by atoms with Gasteiger partial charge in [-0.25, -0.2) is 0 Å². The summed E-state index contributed by atoms with van der Waals surface area (Å²) in [4.78, 5) is 24.0. The highest BCUT2D eigenvalue weighted by atomic mass is 16.7. The summed E-state index contributed by atoms with van der Waals surface area (Å²) in [5.74, 6) is 0.844. The van der Waals surface area contributed by atoms with Gasteiger partial charge in [0.25, 0.3) is 5.91 Å². The predicted molar refractivity (Wildman–Crippen MR) is 199 cm³/mol. The normalized spacial score (nSPS) is 27.3. The first-order valence-electron chi connectivity index (χ1n) is 19.1. The van der Waals surface area contributed by atoms with Crippen LogP contribution in [0.1, 0.15) is 66.8 Å². The third-order valence-electron chi connectivity index (χ3n) is 11.5. The second-order valence-electron chi connectivity index (χ2n) is 14.6. The lowest BCUT2D eigenvalue weighted by Gasteiger charge is -2.59. The third-order valence-corrected chi connectivity index (χ3v) is 11.5. The number of benzene rings is 2. The van der Waals surface area contributed by atoms with Crippen molar-refractivity contribution >= 4 is 11.6 Å². The van der Waals surface area contributed by atoms with Gasteiger partial charge in [-0.1, -0.05) is 30.1 Å². The van der Waals surface area contributed by atoms with Crippen LogP contribution in [0.4, 0.5) is 0 Å². The molecular weight excluding hydrogens is 678 g/mol. The number of nitrogens with zero attached hydrogens (tertiary/aromatic N) is 3. The van der Waals surface area contributed by atoms with Crippen LogP contribution >= 0.6 is 0 Å². The molecule has 286 valence electrons. The molecule has 2 fully saturated rings. The number of hydrogen-bond donors (Lipinski definition) is 2. The fourth-order valence-electron chi connectivity index (χ4n) is 8.89. The molecule has 2 aromatic rings. The van der Waals surface area contributed by atoms with Gasteiger partial charge in [0.15, 0.2) is 11.5 Å². The first-order chi connectivity index (χ1) is 25.9. The molecular formula is C41H53N3O9. The van der Waals surface area contributed by atoms with Gasteiger partial charge in [-0.3, -0.25) is 9.69 Å². The molecule has 0 bridgehead atoms. The molecule has 12 nitrogen and oxygen atoms in total. The summed E-state index contributed by atoms with van der Waals surface area (Å²) in [6, 6.07) is 10.7. The van der Waals surface area contributed by atoms with Crippen LogP contribution in [0.2, 0.25) is 0 Å². The minimum Gasteiger partial charge on any atom is -0.492 e. The number of oxime groups is 1. The summed E-state index contributed by atoms with van der Waals surface area (Å²) in [7, 11) is 3.33. The summed E-state index contributed by atoms with van der Waals surface area (Å²) in [6.45, 7) is 8.24.